The fourth-order valence-electron chi connectivity index (χ4n) is 3.78. The Hall–Kier alpha value is -1.99. The molecule has 2 saturated heterocycles. The number of rotatable bonds is 3. The molecule has 2 aliphatic heterocycles. The predicted molar refractivity (Wildman–Crippen MR) is 99.9 cm³/mol. The Morgan fingerprint density at radius 2 is 1.67 bits per heavy atom. The molecule has 7 heteroatoms. The van der Waals surface area contributed by atoms with E-state index in [9.17, 15) is 14.0 Å². The van der Waals surface area contributed by atoms with Crippen LogP contribution in [0.3, 0.4) is 0 Å². The van der Waals surface area contributed by atoms with Crippen LogP contribution < -0.4 is 0 Å². The van der Waals surface area contributed by atoms with Crippen molar-refractivity contribution in [2.24, 2.45) is 0 Å². The third kappa shape index (κ3) is 5.26. The summed E-state index contributed by atoms with van der Waals surface area (Å²) in [5, 5.41) is 0. The zero-order valence-corrected chi connectivity index (χ0v) is 16.1. The lowest BCUT2D eigenvalue weighted by Gasteiger charge is -2.36. The van der Waals surface area contributed by atoms with Gasteiger partial charge in [0.15, 0.2) is 0 Å². The Labute approximate surface area is 159 Å². The van der Waals surface area contributed by atoms with Gasteiger partial charge in [-0.15, -0.1) is 0 Å². The molecule has 0 N–H and O–H groups in total. The lowest BCUT2D eigenvalue weighted by Crippen LogP contribution is -2.51. The highest BCUT2D eigenvalue weighted by molar-refractivity contribution is 5.94. The molecule has 27 heavy (non-hydrogen) atoms. The van der Waals surface area contributed by atoms with E-state index in [0.717, 1.165) is 13.0 Å². The van der Waals surface area contributed by atoms with Crippen LogP contribution in [0.25, 0.3) is 0 Å². The summed E-state index contributed by atoms with van der Waals surface area (Å²) in [4.78, 5) is 31.0. The molecule has 148 valence electrons. The van der Waals surface area contributed by atoms with E-state index in [0.29, 0.717) is 44.8 Å². The summed E-state index contributed by atoms with van der Waals surface area (Å²) in [7, 11) is 0. The molecule has 2 amide bonds. The molecule has 0 aliphatic carbocycles. The molecule has 3 rings (SSSR count). The van der Waals surface area contributed by atoms with Gasteiger partial charge in [-0.25, -0.2) is 4.39 Å². The van der Waals surface area contributed by atoms with E-state index in [1.165, 1.54) is 24.3 Å². The molecular formula is C20H28FN3O3. The van der Waals surface area contributed by atoms with Gasteiger partial charge in [-0.05, 0) is 44.5 Å². The fourth-order valence-corrected chi connectivity index (χ4v) is 3.78. The minimum absolute atomic E-state index is 0.0608. The van der Waals surface area contributed by atoms with Gasteiger partial charge in [0.25, 0.3) is 5.91 Å². The molecule has 0 radical (unpaired) electrons. The predicted octanol–water partition coefficient (Wildman–Crippen LogP) is 1.61. The molecule has 2 fully saturated rings. The minimum atomic E-state index is -0.348. The quantitative estimate of drug-likeness (QED) is 0.803. The van der Waals surface area contributed by atoms with Gasteiger partial charge in [-0.2, -0.15) is 0 Å². The number of halogens is 1. The van der Waals surface area contributed by atoms with Crippen LogP contribution in [0.15, 0.2) is 24.3 Å². The number of hydrogen-bond donors (Lipinski definition) is 0. The van der Waals surface area contributed by atoms with Gasteiger partial charge in [0.1, 0.15) is 5.82 Å². The number of carbonyl (C=O) groups is 2. The molecule has 1 aromatic carbocycles. The summed E-state index contributed by atoms with van der Waals surface area (Å²) < 4.78 is 18.7. The van der Waals surface area contributed by atoms with Gasteiger partial charge in [0, 0.05) is 44.8 Å². The van der Waals surface area contributed by atoms with Crippen LogP contribution in [0.4, 0.5) is 4.39 Å². The summed E-state index contributed by atoms with van der Waals surface area (Å²) >= 11 is 0. The average Bonchev–Trinajstić information content (AvgIpc) is 2.86. The van der Waals surface area contributed by atoms with Crippen molar-refractivity contribution in [1.82, 2.24) is 14.7 Å². The van der Waals surface area contributed by atoms with Crippen molar-refractivity contribution in [2.45, 2.75) is 32.5 Å². The fraction of sp³-hybridized carbons (Fsp3) is 0.600. The normalized spacial score (nSPS) is 24.6. The molecule has 0 bridgehead atoms. The number of amides is 2. The zero-order valence-electron chi connectivity index (χ0n) is 16.1. The number of benzene rings is 1. The van der Waals surface area contributed by atoms with E-state index in [2.05, 4.69) is 4.90 Å². The van der Waals surface area contributed by atoms with Crippen molar-refractivity contribution in [2.75, 3.05) is 45.8 Å². The van der Waals surface area contributed by atoms with E-state index in [-0.39, 0.29) is 29.8 Å². The number of ether oxygens (including phenoxy) is 1. The first-order valence-corrected chi connectivity index (χ1v) is 9.63. The van der Waals surface area contributed by atoms with Crippen molar-refractivity contribution >= 4 is 11.8 Å². The SMILES string of the molecule is CC1CN(C(=O)CN2CCCN(C(=O)c3ccc(F)cc3)CC2)CC(C)O1. The first-order chi connectivity index (χ1) is 12.9. The Bertz CT molecular complexity index is 657. The van der Waals surface area contributed by atoms with Crippen LogP contribution in [0.5, 0.6) is 0 Å². The molecule has 0 aromatic heterocycles. The summed E-state index contributed by atoms with van der Waals surface area (Å²) in [6.45, 7) is 8.27. The number of carbonyl (C=O) groups excluding carboxylic acids is 2. The van der Waals surface area contributed by atoms with Gasteiger partial charge in [0.2, 0.25) is 5.91 Å². The molecule has 2 atom stereocenters. The van der Waals surface area contributed by atoms with E-state index in [4.69, 9.17) is 4.74 Å². The second-order valence-corrected chi connectivity index (χ2v) is 7.48. The Balaban J connectivity index is 1.53. The van der Waals surface area contributed by atoms with E-state index < -0.39 is 0 Å². The summed E-state index contributed by atoms with van der Waals surface area (Å²) in [5.74, 6) is -0.312. The first kappa shape index (κ1) is 19.8. The van der Waals surface area contributed by atoms with Crippen molar-refractivity contribution in [1.29, 1.82) is 0 Å². The van der Waals surface area contributed by atoms with Crippen molar-refractivity contribution in [3.05, 3.63) is 35.6 Å². The van der Waals surface area contributed by atoms with E-state index in [1.54, 1.807) is 4.90 Å². The zero-order chi connectivity index (χ0) is 19.4. The smallest absolute Gasteiger partial charge is 0.253 e. The highest BCUT2D eigenvalue weighted by Gasteiger charge is 2.28. The summed E-state index contributed by atoms with van der Waals surface area (Å²) in [5.41, 5.74) is 0.497. The monoisotopic (exact) mass is 377 g/mol. The Morgan fingerprint density at radius 3 is 2.33 bits per heavy atom. The molecule has 6 nitrogen and oxygen atoms in total. The topological polar surface area (TPSA) is 53.1 Å². The molecule has 2 unspecified atom stereocenters. The van der Waals surface area contributed by atoms with Crippen LogP contribution >= 0.6 is 0 Å². The van der Waals surface area contributed by atoms with E-state index in [1.807, 2.05) is 18.7 Å². The van der Waals surface area contributed by atoms with Crippen molar-refractivity contribution < 1.29 is 18.7 Å². The molecule has 1 aromatic rings. The molecule has 0 spiro atoms. The molecule has 2 heterocycles. The summed E-state index contributed by atoms with van der Waals surface area (Å²) in [6, 6.07) is 5.65. The van der Waals surface area contributed by atoms with Gasteiger partial charge in [0.05, 0.1) is 18.8 Å². The van der Waals surface area contributed by atoms with Gasteiger partial charge in [-0.1, -0.05) is 0 Å². The number of morpholine rings is 1. The third-order valence-corrected chi connectivity index (χ3v) is 5.10. The number of hydrogen-bond acceptors (Lipinski definition) is 4. The van der Waals surface area contributed by atoms with Crippen molar-refractivity contribution in [3.8, 4) is 0 Å². The highest BCUT2D eigenvalue weighted by atomic mass is 19.1. The maximum atomic E-state index is 13.1. The maximum Gasteiger partial charge on any atom is 0.253 e. The standard InChI is InChI=1S/C20H28FN3O3/c1-15-12-24(13-16(2)27-15)19(25)14-22-8-3-9-23(11-10-22)20(26)17-4-6-18(21)7-5-17/h4-7,15-16H,3,8-14H2,1-2H3. The third-order valence-electron chi connectivity index (χ3n) is 5.10. The summed E-state index contributed by atoms with van der Waals surface area (Å²) in [6.07, 6.45) is 0.937. The van der Waals surface area contributed by atoms with Crippen LogP contribution in [-0.4, -0.2) is 84.5 Å². The minimum Gasteiger partial charge on any atom is -0.372 e. The van der Waals surface area contributed by atoms with Gasteiger partial charge < -0.3 is 14.5 Å². The Morgan fingerprint density at radius 1 is 1.00 bits per heavy atom. The first-order valence-electron chi connectivity index (χ1n) is 9.63. The molecular weight excluding hydrogens is 349 g/mol. The largest absolute Gasteiger partial charge is 0.372 e. The molecule has 2 aliphatic rings. The Kier molecular flexibility index (Phi) is 6.44. The van der Waals surface area contributed by atoms with E-state index >= 15 is 0 Å². The van der Waals surface area contributed by atoms with Crippen LogP contribution in [0.2, 0.25) is 0 Å². The number of nitrogens with zero attached hydrogens (tertiary/aromatic N) is 3. The van der Waals surface area contributed by atoms with Gasteiger partial charge in [-0.3, -0.25) is 14.5 Å². The van der Waals surface area contributed by atoms with Crippen LogP contribution in [0, 0.1) is 5.82 Å². The second kappa shape index (κ2) is 8.80. The lowest BCUT2D eigenvalue weighted by atomic mass is 10.2. The van der Waals surface area contributed by atoms with Crippen molar-refractivity contribution in [3.63, 3.8) is 0 Å². The second-order valence-electron chi connectivity index (χ2n) is 7.48. The lowest BCUT2D eigenvalue weighted by molar-refractivity contribution is -0.144. The molecule has 0 saturated carbocycles. The highest BCUT2D eigenvalue weighted by Crippen LogP contribution is 2.13. The van der Waals surface area contributed by atoms with Crippen LogP contribution in [0.1, 0.15) is 30.6 Å². The average molecular weight is 377 g/mol. The maximum absolute atomic E-state index is 13.1. The van der Waals surface area contributed by atoms with Gasteiger partial charge >= 0.3 is 0 Å². The van der Waals surface area contributed by atoms with Crippen LogP contribution in [-0.2, 0) is 9.53 Å².